The number of hydrogen-bond acceptors (Lipinski definition) is 0. The summed E-state index contributed by atoms with van der Waals surface area (Å²) in [5.41, 5.74) is 0. The molecule has 0 spiro atoms. The van der Waals surface area contributed by atoms with Crippen LogP contribution in [0.15, 0.2) is 42.5 Å². The molecular weight excluding hydrogens is 537 g/mol. The van der Waals surface area contributed by atoms with E-state index in [9.17, 15) is 0 Å². The van der Waals surface area contributed by atoms with Crippen molar-refractivity contribution in [2.24, 2.45) is 0 Å². The van der Waals surface area contributed by atoms with Gasteiger partial charge in [-0.1, -0.05) is 6.07 Å². The van der Waals surface area contributed by atoms with Crippen LogP contribution in [-0.2, 0) is 21.7 Å². The number of rotatable bonds is 0. The number of benzene rings is 1. The summed E-state index contributed by atoms with van der Waals surface area (Å²) in [6.07, 6.45) is 0. The molecule has 0 heterocycles. The predicted octanol–water partition coefficient (Wildman–Crippen LogP) is -6.43. The quantitative estimate of drug-likeness (QED) is 0.176. The van der Waals surface area contributed by atoms with Crippen molar-refractivity contribution in [2.45, 2.75) is 0 Å². The second kappa shape index (κ2) is 10.3. The van der Waals surface area contributed by atoms with Crippen LogP contribution in [0.3, 0.4) is 0 Å². The third-order valence-corrected chi connectivity index (χ3v) is 1.55. The van der Waals surface area contributed by atoms with Gasteiger partial charge >= 0.3 is 21.7 Å². The zero-order valence-corrected chi connectivity index (χ0v) is 14.7. The van der Waals surface area contributed by atoms with E-state index in [2.05, 4.69) is 42.5 Å². The van der Waals surface area contributed by atoms with E-state index in [1.807, 2.05) is 0 Å². The molecule has 2 aromatic carbocycles. The minimum Gasteiger partial charge on any atom is -1.00 e. The van der Waals surface area contributed by atoms with Crippen molar-refractivity contribution in [1.82, 2.24) is 0 Å². The fourth-order valence-corrected chi connectivity index (χ4v) is 1.07. The van der Waals surface area contributed by atoms with Crippen LogP contribution in [0.25, 0.3) is 10.8 Å². The van der Waals surface area contributed by atoms with Gasteiger partial charge in [0.15, 0.2) is 0 Å². The summed E-state index contributed by atoms with van der Waals surface area (Å²) in [5, 5.41) is 2.66. The van der Waals surface area contributed by atoms with Gasteiger partial charge in [0.1, 0.15) is 0 Å². The maximum absolute atomic E-state index is 2.12. The number of fused-ring (bicyclic) bond motifs is 1. The van der Waals surface area contributed by atoms with Crippen molar-refractivity contribution in [3.05, 3.63) is 42.5 Å². The molecule has 0 unspecified atom stereocenters. The van der Waals surface area contributed by atoms with Crippen LogP contribution in [0.4, 0.5) is 0 Å². The molecule has 0 aromatic heterocycles. The summed E-state index contributed by atoms with van der Waals surface area (Å²) in [7, 11) is 0. The molecule has 2 aromatic rings. The Bertz CT molecular complexity index is 289. The molecule has 13 heavy (non-hydrogen) atoms. The van der Waals surface area contributed by atoms with Gasteiger partial charge in [0, 0.05) is 0 Å². The molecule has 0 aliphatic rings. The van der Waals surface area contributed by atoms with Crippen LogP contribution in [0.2, 0.25) is 0 Å². The van der Waals surface area contributed by atoms with Crippen molar-refractivity contribution >= 4 is 10.8 Å². The first-order chi connectivity index (χ1) is 4.47. The molecule has 0 saturated heterocycles. The molecule has 0 aliphatic carbocycles. The average Bonchev–Trinajstić information content (AvgIpc) is 2.33. The van der Waals surface area contributed by atoms with Crippen LogP contribution in [0.1, 0.15) is 0 Å². The van der Waals surface area contributed by atoms with Crippen LogP contribution in [0.5, 0.6) is 0 Å². The van der Waals surface area contributed by atoms with Crippen LogP contribution < -0.4 is 71.9 Å². The van der Waals surface area contributed by atoms with E-state index in [1.54, 1.807) is 0 Å². The van der Waals surface area contributed by atoms with E-state index in [-0.39, 0.29) is 93.6 Å². The molecule has 0 radical (unpaired) electrons. The minimum absolute atomic E-state index is 0. The molecule has 4 heteroatoms. The van der Waals surface area contributed by atoms with Crippen LogP contribution in [-0.4, -0.2) is 0 Å². The Morgan fingerprint density at radius 3 is 2.08 bits per heavy atom. The van der Waals surface area contributed by atoms with Crippen LogP contribution in [0, 0.1) is 0 Å². The molecule has 0 aliphatic heterocycles. The number of hydrogen-bond donors (Lipinski definition) is 0. The summed E-state index contributed by atoms with van der Waals surface area (Å²) < 4.78 is 0. The first-order valence-electron chi connectivity index (χ1n) is 3.07. The van der Waals surface area contributed by atoms with Gasteiger partial charge < -0.3 is 71.9 Å². The van der Waals surface area contributed by atoms with Crippen molar-refractivity contribution in [3.63, 3.8) is 0 Å². The maximum atomic E-state index is 2.12. The van der Waals surface area contributed by atoms with E-state index in [1.165, 1.54) is 10.8 Å². The van der Waals surface area contributed by atoms with Crippen molar-refractivity contribution in [2.75, 3.05) is 0 Å². The Balaban J connectivity index is -0.000000250. The monoisotopic (exact) mass is 544 g/mol. The molecule has 2 rings (SSSR count). The molecule has 0 saturated carbocycles. The SMILES string of the molecule is [I-].[I-].[I-].[Ti+4].c1ccc2[cH-]ccc2c1. The number of halogens is 3. The molecule has 0 N–H and O–H groups in total. The van der Waals surface area contributed by atoms with Gasteiger partial charge in [-0.25, -0.2) is 0 Å². The van der Waals surface area contributed by atoms with Gasteiger partial charge in [0.25, 0.3) is 0 Å². The average molecular weight is 544 g/mol. The minimum atomic E-state index is 0. The molecule has 0 atom stereocenters. The predicted molar refractivity (Wildman–Crippen MR) is 39.5 cm³/mol. The molecule has 0 fully saturated rings. The van der Waals surface area contributed by atoms with E-state index < -0.39 is 0 Å². The molecule has 0 amide bonds. The van der Waals surface area contributed by atoms with Crippen molar-refractivity contribution < 1.29 is 93.6 Å². The van der Waals surface area contributed by atoms with Gasteiger partial charge in [-0.05, 0) is 0 Å². The summed E-state index contributed by atoms with van der Waals surface area (Å²) in [5.74, 6) is 0. The standard InChI is InChI=1S/C9H7.3HI.Ti/c1-2-5-9-7-3-6-8(9)4-1;;;;/h1-7H;3*1H;/q-1;;;;+4/p-3. The molecule has 68 valence electrons. The summed E-state index contributed by atoms with van der Waals surface area (Å²) in [6, 6.07) is 14.7. The van der Waals surface area contributed by atoms with Crippen molar-refractivity contribution in [3.8, 4) is 0 Å². The Morgan fingerprint density at radius 2 is 1.46 bits per heavy atom. The summed E-state index contributed by atoms with van der Waals surface area (Å²) in [4.78, 5) is 0. The van der Waals surface area contributed by atoms with Crippen molar-refractivity contribution in [1.29, 1.82) is 0 Å². The second-order valence-corrected chi connectivity index (χ2v) is 2.15. The first kappa shape index (κ1) is 20.2. The van der Waals surface area contributed by atoms with Gasteiger partial charge in [0.2, 0.25) is 0 Å². The maximum Gasteiger partial charge on any atom is 4.00 e. The van der Waals surface area contributed by atoms with E-state index in [0.29, 0.717) is 0 Å². The first-order valence-corrected chi connectivity index (χ1v) is 3.07. The fraction of sp³-hybridized carbons (Fsp3) is 0. The Hall–Kier alpha value is 1.73. The Kier molecular flexibility index (Phi) is 15.9. The zero-order valence-electron chi connectivity index (χ0n) is 6.68. The van der Waals surface area contributed by atoms with Gasteiger partial charge in [0.05, 0.1) is 0 Å². The van der Waals surface area contributed by atoms with Gasteiger partial charge in [-0.15, -0.1) is 29.7 Å². The fourth-order valence-electron chi connectivity index (χ4n) is 1.07. The zero-order chi connectivity index (χ0) is 6.10. The third kappa shape index (κ3) is 5.39. The third-order valence-electron chi connectivity index (χ3n) is 1.55. The van der Waals surface area contributed by atoms with Crippen LogP contribution >= 0.6 is 0 Å². The normalized spacial score (nSPS) is 7.08. The van der Waals surface area contributed by atoms with E-state index in [4.69, 9.17) is 0 Å². The van der Waals surface area contributed by atoms with Gasteiger partial charge in [-0.2, -0.15) is 17.5 Å². The Labute approximate surface area is 145 Å². The summed E-state index contributed by atoms with van der Waals surface area (Å²) >= 11 is 0. The van der Waals surface area contributed by atoms with E-state index in [0.717, 1.165) is 0 Å². The smallest absolute Gasteiger partial charge is 1.00 e. The van der Waals surface area contributed by atoms with E-state index >= 15 is 0 Å². The molecule has 0 bridgehead atoms. The largest absolute Gasteiger partial charge is 4.00 e. The summed E-state index contributed by atoms with van der Waals surface area (Å²) in [6.45, 7) is 0. The second-order valence-electron chi connectivity index (χ2n) is 2.15. The Morgan fingerprint density at radius 1 is 0.846 bits per heavy atom. The molecular formula is C9H7I3Ti. The topological polar surface area (TPSA) is 0 Å². The van der Waals surface area contributed by atoms with Gasteiger partial charge in [-0.3, -0.25) is 0 Å². The molecule has 0 nitrogen and oxygen atoms in total.